The highest BCUT2D eigenvalue weighted by atomic mass is 32.1. The molecular weight excluding hydrogens is 961 g/mol. The number of thiophene rings is 2. The predicted octanol–water partition coefficient (Wildman–Crippen LogP) is 20.7. The Morgan fingerprint density at radius 2 is 0.539 bits per heavy atom. The second-order valence-corrected chi connectivity index (χ2v) is 21.8. The van der Waals surface area contributed by atoms with Crippen LogP contribution in [0.1, 0.15) is 0 Å². The van der Waals surface area contributed by atoms with Crippen LogP contribution in [-0.4, -0.2) is 9.13 Å². The van der Waals surface area contributed by atoms with Crippen molar-refractivity contribution in [2.45, 2.75) is 0 Å². The minimum absolute atomic E-state index is 1.12. The van der Waals surface area contributed by atoms with Gasteiger partial charge in [-0.2, -0.15) is 0 Å². The first-order chi connectivity index (χ1) is 37.7. The highest BCUT2D eigenvalue weighted by Crippen LogP contribution is 2.48. The molecule has 0 fully saturated rings. The van der Waals surface area contributed by atoms with Crippen LogP contribution in [-0.2, 0) is 0 Å². The Morgan fingerprint density at radius 3 is 0.947 bits per heavy atom. The smallest absolute Gasteiger partial charge is 0.0542 e. The van der Waals surface area contributed by atoms with E-state index in [1.165, 1.54) is 94.7 Å². The van der Waals surface area contributed by atoms with Crippen molar-refractivity contribution in [3.05, 3.63) is 267 Å². The maximum Gasteiger partial charge on any atom is 0.0542 e. The molecule has 0 spiro atoms. The lowest BCUT2D eigenvalue weighted by Crippen LogP contribution is -2.09. The first-order valence-corrected chi connectivity index (χ1v) is 27.5. The van der Waals surface area contributed by atoms with Gasteiger partial charge in [0.05, 0.1) is 22.1 Å². The average molecular weight is 1010 g/mol. The zero-order chi connectivity index (χ0) is 49.8. The van der Waals surface area contributed by atoms with E-state index in [0.29, 0.717) is 0 Å². The fourth-order valence-corrected chi connectivity index (χ4v) is 14.5. The van der Waals surface area contributed by atoms with Crippen LogP contribution in [0, 0.1) is 0 Å². The van der Waals surface area contributed by atoms with E-state index in [4.69, 9.17) is 0 Å². The Kier molecular flexibility index (Phi) is 9.64. The van der Waals surface area contributed by atoms with Gasteiger partial charge in [0.1, 0.15) is 0 Å². The number of hydrogen-bond donors (Lipinski definition) is 0. The van der Waals surface area contributed by atoms with E-state index < -0.39 is 0 Å². The van der Waals surface area contributed by atoms with Crippen LogP contribution in [0.4, 0.5) is 34.1 Å². The fourth-order valence-electron chi connectivity index (χ4n) is 12.1. The summed E-state index contributed by atoms with van der Waals surface area (Å²) in [5.74, 6) is 0. The first kappa shape index (κ1) is 43.0. The summed E-state index contributed by atoms with van der Waals surface area (Å²) < 4.78 is 9.98. The van der Waals surface area contributed by atoms with Gasteiger partial charge in [-0.25, -0.2) is 0 Å². The molecule has 76 heavy (non-hydrogen) atoms. The largest absolute Gasteiger partial charge is 0.310 e. The molecule has 0 radical (unpaired) electrons. The molecule has 0 unspecified atom stereocenters. The molecule has 6 heteroatoms. The lowest BCUT2D eigenvalue weighted by molar-refractivity contribution is 1.18. The van der Waals surface area contributed by atoms with Gasteiger partial charge in [0.2, 0.25) is 0 Å². The van der Waals surface area contributed by atoms with E-state index in [1.54, 1.807) is 0 Å². The highest BCUT2D eigenvalue weighted by molar-refractivity contribution is 7.28. The summed E-state index contributed by atoms with van der Waals surface area (Å²) in [5, 5.41) is 12.6. The molecule has 0 aliphatic carbocycles. The minimum Gasteiger partial charge on any atom is -0.310 e. The lowest BCUT2D eigenvalue weighted by Gasteiger charge is -2.26. The normalized spacial score (nSPS) is 11.9. The van der Waals surface area contributed by atoms with Crippen molar-refractivity contribution in [3.8, 4) is 11.4 Å². The number of fused-ring (bicyclic) bond motifs is 15. The Bertz CT molecular complexity index is 4620. The molecule has 0 saturated carbocycles. The lowest BCUT2D eigenvalue weighted by atomic mass is 10.0. The summed E-state index contributed by atoms with van der Waals surface area (Å²) in [7, 11) is 0. The second kappa shape index (κ2) is 17.0. The van der Waals surface area contributed by atoms with Crippen molar-refractivity contribution in [1.29, 1.82) is 0 Å². The van der Waals surface area contributed by atoms with Crippen molar-refractivity contribution in [2.75, 3.05) is 9.80 Å². The molecule has 4 heterocycles. The maximum absolute atomic E-state index is 2.41. The SMILES string of the molecule is c1ccc(N(c2ccc3sc4c(ccc5c4ccc4c6cc(N(c7ccccc7)c7ccc8c(c7)c7ccccc7n8-c7ccccc7)ccc6sc45)c3c2)c2ccc3c(c2)c2ccccc2n3-c2ccccc2)cc1. The van der Waals surface area contributed by atoms with E-state index in [0.717, 1.165) is 45.5 Å². The van der Waals surface area contributed by atoms with Crippen molar-refractivity contribution < 1.29 is 0 Å². The van der Waals surface area contributed by atoms with Gasteiger partial charge < -0.3 is 18.9 Å². The standard InChI is InChI=1S/C70H44N4S2/c1-5-17-45(18-6-1)71(49-29-37-65-59(41-49)53-25-13-15-27-63(53)73(65)47-21-9-3-10-22-47)51-31-39-67-61(43-51)57-35-33-56-55(69(57)75-67)34-36-58-62-44-52(32-40-68(62)76-70(56)58)72(46-19-7-2-8-20-46)50-30-38-66-60(42-50)54-26-14-16-28-64(54)74(66)48-23-11-4-12-24-48/h1-44H. The molecule has 0 N–H and O–H groups in total. The summed E-state index contributed by atoms with van der Waals surface area (Å²) in [5.41, 5.74) is 13.8. The topological polar surface area (TPSA) is 16.3 Å². The van der Waals surface area contributed by atoms with Gasteiger partial charge in [-0.1, -0.05) is 133 Å². The average Bonchev–Trinajstić information content (AvgIpc) is 4.29. The third-order valence-corrected chi connectivity index (χ3v) is 17.9. The zero-order valence-electron chi connectivity index (χ0n) is 41.0. The van der Waals surface area contributed by atoms with Gasteiger partial charge in [-0.15, -0.1) is 22.7 Å². The highest BCUT2D eigenvalue weighted by Gasteiger charge is 2.22. The van der Waals surface area contributed by atoms with Crippen molar-refractivity contribution in [1.82, 2.24) is 9.13 Å². The van der Waals surface area contributed by atoms with Crippen molar-refractivity contribution in [3.63, 3.8) is 0 Å². The van der Waals surface area contributed by atoms with E-state index in [9.17, 15) is 0 Å². The summed E-state index contributed by atoms with van der Waals surface area (Å²) in [6.45, 7) is 0. The molecule has 0 aliphatic heterocycles. The van der Waals surface area contributed by atoms with Crippen LogP contribution in [0.15, 0.2) is 267 Å². The summed E-state index contributed by atoms with van der Waals surface area (Å²) in [6, 6.07) is 97.9. The molecule has 12 aromatic carbocycles. The Labute approximate surface area is 446 Å². The number of hydrogen-bond acceptors (Lipinski definition) is 4. The molecule has 0 bridgehead atoms. The maximum atomic E-state index is 2.41. The molecule has 16 aromatic rings. The van der Waals surface area contributed by atoms with Crippen molar-refractivity contribution in [2.24, 2.45) is 0 Å². The number of rotatable bonds is 8. The molecule has 0 atom stereocenters. The van der Waals surface area contributed by atoms with Crippen LogP contribution >= 0.6 is 22.7 Å². The third-order valence-electron chi connectivity index (χ3n) is 15.4. The van der Waals surface area contributed by atoms with Crippen molar-refractivity contribution >= 4 is 152 Å². The molecule has 16 rings (SSSR count). The zero-order valence-corrected chi connectivity index (χ0v) is 42.6. The molecule has 4 aromatic heterocycles. The summed E-state index contributed by atoms with van der Waals surface area (Å²) in [6.07, 6.45) is 0. The number of aromatic nitrogens is 2. The Morgan fingerprint density at radius 1 is 0.224 bits per heavy atom. The molecule has 0 amide bonds. The van der Waals surface area contributed by atoms with Gasteiger partial charge >= 0.3 is 0 Å². The summed E-state index contributed by atoms with van der Waals surface area (Å²) >= 11 is 3.80. The van der Waals surface area contributed by atoms with E-state index >= 15 is 0 Å². The van der Waals surface area contributed by atoms with Gasteiger partial charge in [0.25, 0.3) is 0 Å². The van der Waals surface area contributed by atoms with Gasteiger partial charge in [0.15, 0.2) is 0 Å². The Balaban J connectivity index is 0.810. The van der Waals surface area contributed by atoms with Crippen LogP contribution in [0.2, 0.25) is 0 Å². The molecular formula is C70H44N4S2. The monoisotopic (exact) mass is 1000 g/mol. The minimum atomic E-state index is 1.12. The number of anilines is 6. The van der Waals surface area contributed by atoms with Gasteiger partial charge in [-0.05, 0) is 133 Å². The second-order valence-electron chi connectivity index (χ2n) is 19.7. The molecule has 0 saturated heterocycles. The quantitative estimate of drug-likeness (QED) is 0.151. The molecule has 356 valence electrons. The number of benzene rings is 12. The van der Waals surface area contributed by atoms with Crippen LogP contribution in [0.5, 0.6) is 0 Å². The van der Waals surface area contributed by atoms with E-state index in [-0.39, 0.29) is 0 Å². The van der Waals surface area contributed by atoms with E-state index in [2.05, 4.69) is 286 Å². The van der Waals surface area contributed by atoms with Crippen LogP contribution < -0.4 is 9.80 Å². The third kappa shape index (κ3) is 6.61. The van der Waals surface area contributed by atoms with Crippen LogP contribution in [0.25, 0.3) is 106 Å². The number of nitrogens with zero attached hydrogens (tertiary/aromatic N) is 4. The van der Waals surface area contributed by atoms with Crippen LogP contribution in [0.3, 0.4) is 0 Å². The fraction of sp³-hybridized carbons (Fsp3) is 0. The molecule has 4 nitrogen and oxygen atoms in total. The van der Waals surface area contributed by atoms with Gasteiger partial charge in [-0.3, -0.25) is 0 Å². The molecule has 0 aliphatic rings. The van der Waals surface area contributed by atoms with Gasteiger partial charge in [0, 0.05) is 118 Å². The Hall–Kier alpha value is -9.46. The number of para-hydroxylation sites is 6. The predicted molar refractivity (Wildman–Crippen MR) is 328 cm³/mol. The summed E-state index contributed by atoms with van der Waals surface area (Å²) in [4.78, 5) is 4.82. The first-order valence-electron chi connectivity index (χ1n) is 25.8. The van der Waals surface area contributed by atoms with E-state index in [1.807, 2.05) is 22.7 Å².